The van der Waals surface area contributed by atoms with Crippen LogP contribution in [-0.4, -0.2) is 68.6 Å². The molecule has 0 aromatic carbocycles. The molecular weight excluding hydrogens is 220 g/mol. The lowest BCUT2D eigenvalue weighted by molar-refractivity contribution is -0.130. The zero-order chi connectivity index (χ0) is 11.6. The van der Waals surface area contributed by atoms with E-state index in [1.807, 2.05) is 0 Å². The van der Waals surface area contributed by atoms with Crippen molar-refractivity contribution in [3.05, 3.63) is 0 Å². The van der Waals surface area contributed by atoms with E-state index in [1.54, 1.807) is 0 Å². The molecule has 0 bridgehead atoms. The lowest BCUT2D eigenvalue weighted by Crippen LogP contribution is -2.46. The second-order valence-electron chi connectivity index (χ2n) is 3.87. The number of sulfone groups is 1. The highest BCUT2D eigenvalue weighted by molar-refractivity contribution is 7.91. The first-order valence-electron chi connectivity index (χ1n) is 4.63. The van der Waals surface area contributed by atoms with Gasteiger partial charge in [0.25, 0.3) is 0 Å². The fourth-order valence-electron chi connectivity index (χ4n) is 1.56. The summed E-state index contributed by atoms with van der Waals surface area (Å²) in [5.74, 6) is -0.988. The van der Waals surface area contributed by atoms with Crippen LogP contribution in [0.2, 0.25) is 0 Å². The molecule has 0 radical (unpaired) electrons. The second kappa shape index (κ2) is 4.46. The fraction of sp³-hybridized carbons (Fsp3) is 0.875. The van der Waals surface area contributed by atoms with Crippen LogP contribution in [0.15, 0.2) is 0 Å². The van der Waals surface area contributed by atoms with Crippen LogP contribution < -0.4 is 5.32 Å². The molecule has 0 aromatic rings. The van der Waals surface area contributed by atoms with E-state index in [9.17, 15) is 18.3 Å². The van der Waals surface area contributed by atoms with Crippen LogP contribution in [0.3, 0.4) is 0 Å². The van der Waals surface area contributed by atoms with Gasteiger partial charge in [0.2, 0.25) is 5.91 Å². The van der Waals surface area contributed by atoms with E-state index in [1.165, 1.54) is 11.9 Å². The van der Waals surface area contributed by atoms with E-state index in [4.69, 9.17) is 0 Å². The first kappa shape index (κ1) is 12.4. The van der Waals surface area contributed by atoms with Crippen molar-refractivity contribution in [2.24, 2.45) is 0 Å². The average molecular weight is 236 g/mol. The zero-order valence-corrected chi connectivity index (χ0v) is 9.62. The fourth-order valence-corrected chi connectivity index (χ4v) is 2.21. The highest BCUT2D eigenvalue weighted by atomic mass is 32.2. The molecule has 88 valence electrons. The molecule has 0 aromatic heterocycles. The number of hydrogen-bond donors (Lipinski definition) is 2. The van der Waals surface area contributed by atoms with Gasteiger partial charge in [-0.1, -0.05) is 0 Å². The molecule has 0 saturated carbocycles. The van der Waals surface area contributed by atoms with Crippen LogP contribution in [0.4, 0.5) is 0 Å². The summed E-state index contributed by atoms with van der Waals surface area (Å²) in [4.78, 5) is 12.8. The molecule has 6 nitrogen and oxygen atoms in total. The number of β-amino-alcohol motifs (C(OH)–C–C–N with tert-alkyl or cyclic N) is 1. The topological polar surface area (TPSA) is 86.7 Å². The van der Waals surface area contributed by atoms with Crippen molar-refractivity contribution >= 4 is 15.7 Å². The Morgan fingerprint density at radius 2 is 2.13 bits per heavy atom. The summed E-state index contributed by atoms with van der Waals surface area (Å²) < 4.78 is 21.8. The summed E-state index contributed by atoms with van der Waals surface area (Å²) in [6.07, 6.45) is 0.390. The maximum Gasteiger partial charge on any atom is 0.237 e. The Morgan fingerprint density at radius 3 is 2.53 bits per heavy atom. The number of carbonyl (C=O) groups excluding carboxylic acids is 1. The largest absolute Gasteiger partial charge is 0.390 e. The van der Waals surface area contributed by atoms with Gasteiger partial charge >= 0.3 is 0 Å². The highest BCUT2D eigenvalue weighted by Gasteiger charge is 2.31. The van der Waals surface area contributed by atoms with Gasteiger partial charge in [-0.15, -0.1) is 0 Å². The van der Waals surface area contributed by atoms with E-state index < -0.39 is 27.6 Å². The standard InChI is InChI=1S/C8H16N2O4S/c1-10(6-3-9-4-7(6)11)8(12)5-15(2,13)14/h6-7,9,11H,3-5H2,1-2H3/t6-,7-/m1/s1. The Kier molecular flexibility index (Phi) is 3.69. The molecule has 1 saturated heterocycles. The minimum atomic E-state index is -3.31. The number of likely N-dealkylation sites (N-methyl/N-ethyl adjacent to an activating group) is 1. The summed E-state index contributed by atoms with van der Waals surface area (Å²) in [6.45, 7) is 0.925. The maximum absolute atomic E-state index is 11.5. The molecule has 0 spiro atoms. The van der Waals surface area contributed by atoms with Crippen LogP contribution in [0.1, 0.15) is 0 Å². The predicted octanol–water partition coefficient (Wildman–Crippen LogP) is -2.18. The van der Waals surface area contributed by atoms with Crippen LogP contribution >= 0.6 is 0 Å². The molecule has 1 rings (SSSR count). The molecule has 15 heavy (non-hydrogen) atoms. The summed E-state index contributed by atoms with van der Waals surface area (Å²) >= 11 is 0. The Labute approximate surface area is 89.2 Å². The van der Waals surface area contributed by atoms with Crippen LogP contribution in [0.25, 0.3) is 0 Å². The minimum Gasteiger partial charge on any atom is -0.390 e. The number of carbonyl (C=O) groups is 1. The Balaban J connectivity index is 2.60. The second-order valence-corrected chi connectivity index (χ2v) is 6.01. The smallest absolute Gasteiger partial charge is 0.237 e. The van der Waals surface area contributed by atoms with Gasteiger partial charge in [-0.2, -0.15) is 0 Å². The molecule has 1 amide bonds. The molecule has 7 heteroatoms. The quantitative estimate of drug-likeness (QED) is 0.582. The number of aliphatic hydroxyl groups is 1. The van der Waals surface area contributed by atoms with Crippen molar-refractivity contribution in [3.63, 3.8) is 0 Å². The number of rotatable bonds is 3. The van der Waals surface area contributed by atoms with Gasteiger partial charge in [-0.05, 0) is 0 Å². The number of nitrogens with one attached hydrogen (secondary N) is 1. The highest BCUT2D eigenvalue weighted by Crippen LogP contribution is 2.08. The van der Waals surface area contributed by atoms with E-state index >= 15 is 0 Å². The van der Waals surface area contributed by atoms with Gasteiger partial charge in [0.05, 0.1) is 12.1 Å². The molecule has 1 fully saturated rings. The molecule has 0 unspecified atom stereocenters. The van der Waals surface area contributed by atoms with Crippen molar-refractivity contribution in [2.45, 2.75) is 12.1 Å². The predicted molar refractivity (Wildman–Crippen MR) is 55.1 cm³/mol. The van der Waals surface area contributed by atoms with Gasteiger partial charge in [-0.3, -0.25) is 4.79 Å². The van der Waals surface area contributed by atoms with Crippen LogP contribution in [-0.2, 0) is 14.6 Å². The molecule has 2 N–H and O–H groups in total. The lowest BCUT2D eigenvalue weighted by Gasteiger charge is -2.26. The normalized spacial score (nSPS) is 26.6. The molecular formula is C8H16N2O4S. The van der Waals surface area contributed by atoms with Gasteiger partial charge in [0, 0.05) is 26.4 Å². The first-order chi connectivity index (χ1) is 6.81. The Bertz CT molecular complexity index is 341. The maximum atomic E-state index is 11.5. The van der Waals surface area contributed by atoms with Gasteiger partial charge in [-0.25, -0.2) is 8.42 Å². The third-order valence-corrected chi connectivity index (χ3v) is 3.20. The molecule has 1 aliphatic heterocycles. The van der Waals surface area contributed by atoms with E-state index in [0.717, 1.165) is 6.26 Å². The number of nitrogens with zero attached hydrogens (tertiary/aromatic N) is 1. The zero-order valence-electron chi connectivity index (χ0n) is 8.80. The monoisotopic (exact) mass is 236 g/mol. The van der Waals surface area contributed by atoms with Gasteiger partial charge < -0.3 is 15.3 Å². The van der Waals surface area contributed by atoms with E-state index in [2.05, 4.69) is 5.32 Å². The summed E-state index contributed by atoms with van der Waals surface area (Å²) in [5.41, 5.74) is 0. The van der Waals surface area contributed by atoms with E-state index in [-0.39, 0.29) is 6.04 Å². The molecule has 0 aliphatic carbocycles. The van der Waals surface area contributed by atoms with Gasteiger partial charge in [0.15, 0.2) is 9.84 Å². The molecule has 2 atom stereocenters. The number of amides is 1. The van der Waals surface area contributed by atoms with Crippen molar-refractivity contribution in [1.29, 1.82) is 0 Å². The first-order valence-corrected chi connectivity index (χ1v) is 6.69. The van der Waals surface area contributed by atoms with Crippen molar-refractivity contribution in [1.82, 2.24) is 10.2 Å². The Hall–Kier alpha value is -0.660. The van der Waals surface area contributed by atoms with E-state index in [0.29, 0.717) is 13.1 Å². The van der Waals surface area contributed by atoms with Crippen LogP contribution in [0.5, 0.6) is 0 Å². The third-order valence-electron chi connectivity index (χ3n) is 2.43. The average Bonchev–Trinajstić information content (AvgIpc) is 2.47. The van der Waals surface area contributed by atoms with Gasteiger partial charge in [0.1, 0.15) is 5.75 Å². The SMILES string of the molecule is CN(C(=O)CS(C)(=O)=O)[C@@H]1CNC[C@H]1O. The molecule has 1 aliphatic rings. The number of hydrogen-bond acceptors (Lipinski definition) is 5. The van der Waals surface area contributed by atoms with Crippen molar-refractivity contribution in [2.75, 3.05) is 32.1 Å². The lowest BCUT2D eigenvalue weighted by atomic mass is 10.2. The summed E-state index contributed by atoms with van der Waals surface area (Å²) in [5, 5.41) is 12.4. The number of aliphatic hydroxyl groups excluding tert-OH is 1. The van der Waals surface area contributed by atoms with Crippen molar-refractivity contribution < 1.29 is 18.3 Å². The molecule has 1 heterocycles. The summed E-state index contributed by atoms with van der Waals surface area (Å²) in [7, 11) is -1.80. The van der Waals surface area contributed by atoms with Crippen molar-refractivity contribution in [3.8, 4) is 0 Å². The third kappa shape index (κ3) is 3.44. The minimum absolute atomic E-state index is 0.334. The summed E-state index contributed by atoms with van der Waals surface area (Å²) in [6, 6.07) is -0.334. The Morgan fingerprint density at radius 1 is 1.53 bits per heavy atom. The van der Waals surface area contributed by atoms with Crippen LogP contribution in [0, 0.1) is 0 Å².